The lowest BCUT2D eigenvalue weighted by Gasteiger charge is -2.27. The molecule has 1 saturated heterocycles. The second kappa shape index (κ2) is 5.27. The predicted octanol–water partition coefficient (Wildman–Crippen LogP) is 0.0619. The Hall–Kier alpha value is -1.13. The molecule has 1 aromatic rings. The Morgan fingerprint density at radius 1 is 1.25 bits per heavy atom. The molecule has 1 aliphatic heterocycles. The van der Waals surface area contributed by atoms with Crippen LogP contribution in [0.5, 0.6) is 0 Å². The topological polar surface area (TPSA) is 37.3 Å². The number of piperazine rings is 1. The van der Waals surface area contributed by atoms with E-state index in [-0.39, 0.29) is 5.56 Å². The minimum atomic E-state index is 0.107. The van der Waals surface area contributed by atoms with E-state index in [2.05, 4.69) is 10.2 Å². The van der Waals surface area contributed by atoms with Crippen LogP contribution < -0.4 is 10.9 Å². The molecule has 16 heavy (non-hydrogen) atoms. The van der Waals surface area contributed by atoms with Crippen LogP contribution in [0.3, 0.4) is 0 Å². The second-order valence-corrected chi connectivity index (χ2v) is 4.25. The molecule has 0 atom stereocenters. The third-order valence-electron chi connectivity index (χ3n) is 3.12. The van der Waals surface area contributed by atoms with Crippen LogP contribution >= 0.6 is 0 Å². The maximum atomic E-state index is 11.6. The van der Waals surface area contributed by atoms with E-state index in [0.717, 1.165) is 45.0 Å². The molecule has 4 nitrogen and oxygen atoms in total. The number of pyridine rings is 1. The molecular weight excluding hydrogens is 202 g/mol. The van der Waals surface area contributed by atoms with Crippen molar-refractivity contribution in [3.05, 3.63) is 34.2 Å². The fourth-order valence-corrected chi connectivity index (χ4v) is 2.09. The summed E-state index contributed by atoms with van der Waals surface area (Å²) in [5, 5.41) is 3.33. The summed E-state index contributed by atoms with van der Waals surface area (Å²) in [6.07, 6.45) is 0. The third kappa shape index (κ3) is 2.71. The molecule has 1 fully saturated rings. The zero-order valence-electron chi connectivity index (χ0n) is 9.78. The molecule has 0 aliphatic carbocycles. The first-order chi connectivity index (χ1) is 7.77. The summed E-state index contributed by atoms with van der Waals surface area (Å²) >= 11 is 0. The van der Waals surface area contributed by atoms with Crippen molar-refractivity contribution in [3.8, 4) is 0 Å². The molecule has 2 rings (SSSR count). The first-order valence-electron chi connectivity index (χ1n) is 5.87. The molecular formula is C12H19N3O. The highest BCUT2D eigenvalue weighted by molar-refractivity contribution is 5.04. The number of rotatable bonds is 3. The first-order valence-corrected chi connectivity index (χ1v) is 5.87. The SMILES string of the molecule is Cc1cccc(=O)n1CCN1CCNCC1. The van der Waals surface area contributed by atoms with Crippen molar-refractivity contribution < 1.29 is 0 Å². The molecule has 0 bridgehead atoms. The quantitative estimate of drug-likeness (QED) is 0.784. The van der Waals surface area contributed by atoms with Gasteiger partial charge < -0.3 is 9.88 Å². The number of aryl methyl sites for hydroxylation is 1. The van der Waals surface area contributed by atoms with E-state index < -0.39 is 0 Å². The number of hydrogen-bond acceptors (Lipinski definition) is 3. The summed E-state index contributed by atoms with van der Waals surface area (Å²) in [7, 11) is 0. The highest BCUT2D eigenvalue weighted by atomic mass is 16.1. The van der Waals surface area contributed by atoms with E-state index in [9.17, 15) is 4.79 Å². The van der Waals surface area contributed by atoms with Crippen LogP contribution in [0.15, 0.2) is 23.0 Å². The Kier molecular flexibility index (Phi) is 3.74. The van der Waals surface area contributed by atoms with Gasteiger partial charge in [0.1, 0.15) is 0 Å². The smallest absolute Gasteiger partial charge is 0.250 e. The highest BCUT2D eigenvalue weighted by Gasteiger charge is 2.09. The van der Waals surface area contributed by atoms with Crippen molar-refractivity contribution >= 4 is 0 Å². The third-order valence-corrected chi connectivity index (χ3v) is 3.12. The molecule has 0 aromatic carbocycles. The average molecular weight is 221 g/mol. The van der Waals surface area contributed by atoms with Gasteiger partial charge in [0.25, 0.3) is 5.56 Å². The second-order valence-electron chi connectivity index (χ2n) is 4.25. The molecule has 1 N–H and O–H groups in total. The Morgan fingerprint density at radius 3 is 2.69 bits per heavy atom. The molecule has 4 heteroatoms. The molecule has 0 spiro atoms. The van der Waals surface area contributed by atoms with Gasteiger partial charge in [-0.05, 0) is 13.0 Å². The molecule has 1 aromatic heterocycles. The van der Waals surface area contributed by atoms with E-state index in [1.165, 1.54) is 0 Å². The molecule has 88 valence electrons. The fourth-order valence-electron chi connectivity index (χ4n) is 2.09. The van der Waals surface area contributed by atoms with Gasteiger partial charge >= 0.3 is 0 Å². The average Bonchev–Trinajstić information content (AvgIpc) is 2.30. The molecule has 2 heterocycles. The van der Waals surface area contributed by atoms with Gasteiger partial charge in [-0.3, -0.25) is 9.69 Å². The predicted molar refractivity (Wildman–Crippen MR) is 64.7 cm³/mol. The van der Waals surface area contributed by atoms with E-state index in [1.807, 2.05) is 23.6 Å². The van der Waals surface area contributed by atoms with Crippen LogP contribution in [0.1, 0.15) is 5.69 Å². The lowest BCUT2D eigenvalue weighted by atomic mass is 10.3. The van der Waals surface area contributed by atoms with Gasteiger partial charge in [-0.25, -0.2) is 0 Å². The standard InChI is InChI=1S/C12H19N3O/c1-11-3-2-4-12(16)15(11)10-9-14-7-5-13-6-8-14/h2-4,13H,5-10H2,1H3. The number of aromatic nitrogens is 1. The van der Waals surface area contributed by atoms with E-state index in [0.29, 0.717) is 0 Å². The van der Waals surface area contributed by atoms with E-state index >= 15 is 0 Å². The van der Waals surface area contributed by atoms with Gasteiger partial charge in [-0.15, -0.1) is 0 Å². The van der Waals surface area contributed by atoms with Crippen molar-refractivity contribution in [3.63, 3.8) is 0 Å². The van der Waals surface area contributed by atoms with Crippen LogP contribution in [0.2, 0.25) is 0 Å². The Morgan fingerprint density at radius 2 is 2.00 bits per heavy atom. The van der Waals surface area contributed by atoms with Crippen molar-refractivity contribution in [1.29, 1.82) is 0 Å². The zero-order valence-corrected chi connectivity index (χ0v) is 9.78. The van der Waals surface area contributed by atoms with E-state index in [4.69, 9.17) is 0 Å². The summed E-state index contributed by atoms with van der Waals surface area (Å²) in [5.41, 5.74) is 1.15. The van der Waals surface area contributed by atoms with Gasteiger partial charge in [0.2, 0.25) is 0 Å². The van der Waals surface area contributed by atoms with Crippen molar-refractivity contribution in [2.45, 2.75) is 13.5 Å². The molecule has 0 amide bonds. The van der Waals surface area contributed by atoms with Gasteiger partial charge in [-0.2, -0.15) is 0 Å². The molecule has 1 aliphatic rings. The van der Waals surface area contributed by atoms with Gasteiger partial charge in [0, 0.05) is 51.0 Å². The monoisotopic (exact) mass is 221 g/mol. The first kappa shape index (κ1) is 11.4. The number of nitrogens with zero attached hydrogens (tertiary/aromatic N) is 2. The summed E-state index contributed by atoms with van der Waals surface area (Å²) in [6, 6.07) is 5.43. The van der Waals surface area contributed by atoms with Gasteiger partial charge in [-0.1, -0.05) is 6.07 Å². The van der Waals surface area contributed by atoms with Crippen LogP contribution in [-0.4, -0.2) is 42.2 Å². The number of hydrogen-bond donors (Lipinski definition) is 1. The van der Waals surface area contributed by atoms with Crippen molar-refractivity contribution in [2.75, 3.05) is 32.7 Å². The lowest BCUT2D eigenvalue weighted by Crippen LogP contribution is -2.45. The highest BCUT2D eigenvalue weighted by Crippen LogP contribution is 1.96. The minimum absolute atomic E-state index is 0.107. The lowest BCUT2D eigenvalue weighted by molar-refractivity contribution is 0.231. The van der Waals surface area contributed by atoms with Gasteiger partial charge in [0.15, 0.2) is 0 Å². The van der Waals surface area contributed by atoms with E-state index in [1.54, 1.807) is 6.07 Å². The van der Waals surface area contributed by atoms with Crippen LogP contribution in [0.25, 0.3) is 0 Å². The largest absolute Gasteiger partial charge is 0.314 e. The maximum absolute atomic E-state index is 11.6. The summed E-state index contributed by atoms with van der Waals surface area (Å²) in [6.45, 7) is 8.03. The summed E-state index contributed by atoms with van der Waals surface area (Å²) in [5.74, 6) is 0. The molecule has 0 radical (unpaired) electrons. The summed E-state index contributed by atoms with van der Waals surface area (Å²) in [4.78, 5) is 14.0. The molecule has 0 unspecified atom stereocenters. The van der Waals surface area contributed by atoms with Crippen LogP contribution in [0.4, 0.5) is 0 Å². The Balaban J connectivity index is 1.96. The van der Waals surface area contributed by atoms with Gasteiger partial charge in [0.05, 0.1) is 0 Å². The number of nitrogens with one attached hydrogen (secondary N) is 1. The minimum Gasteiger partial charge on any atom is -0.314 e. The van der Waals surface area contributed by atoms with Crippen molar-refractivity contribution in [2.24, 2.45) is 0 Å². The maximum Gasteiger partial charge on any atom is 0.250 e. The van der Waals surface area contributed by atoms with Crippen LogP contribution in [-0.2, 0) is 6.54 Å². The normalized spacial score (nSPS) is 17.6. The molecule has 0 saturated carbocycles. The Labute approximate surface area is 95.9 Å². The Bertz CT molecular complexity index is 393. The van der Waals surface area contributed by atoms with Crippen LogP contribution in [0, 0.1) is 6.92 Å². The summed E-state index contributed by atoms with van der Waals surface area (Å²) < 4.78 is 1.85. The zero-order chi connectivity index (χ0) is 11.4. The fraction of sp³-hybridized carbons (Fsp3) is 0.583. The van der Waals surface area contributed by atoms with Crippen molar-refractivity contribution in [1.82, 2.24) is 14.8 Å².